The van der Waals surface area contributed by atoms with Crippen LogP contribution >= 0.6 is 0 Å². The van der Waals surface area contributed by atoms with Crippen molar-refractivity contribution in [2.24, 2.45) is 7.05 Å². The molecule has 0 saturated heterocycles. The lowest BCUT2D eigenvalue weighted by Gasteiger charge is -2.02. The molecule has 3 aromatic rings. The summed E-state index contributed by atoms with van der Waals surface area (Å²) in [6.07, 6.45) is 5.98. The van der Waals surface area contributed by atoms with Crippen LogP contribution in [-0.4, -0.2) is 14.3 Å². The first-order valence-corrected chi connectivity index (χ1v) is 5.31. The first-order valence-electron chi connectivity index (χ1n) is 5.31. The van der Waals surface area contributed by atoms with Gasteiger partial charge in [0.15, 0.2) is 0 Å². The average Bonchev–Trinajstić information content (AvgIpc) is 2.84. The summed E-state index contributed by atoms with van der Waals surface area (Å²) in [5.41, 5.74) is 3.64. The van der Waals surface area contributed by atoms with E-state index in [1.54, 1.807) is 0 Å². The molecule has 80 valence electrons. The largest absolute Gasteiger partial charge is 0.314 e. The van der Waals surface area contributed by atoms with Crippen molar-refractivity contribution in [3.8, 4) is 5.69 Å². The van der Waals surface area contributed by atoms with E-state index in [0.29, 0.717) is 0 Å². The topological polar surface area (TPSA) is 22.8 Å². The van der Waals surface area contributed by atoms with Gasteiger partial charge < -0.3 is 4.57 Å². The first-order chi connectivity index (χ1) is 7.75. The second-order valence-corrected chi connectivity index (χ2v) is 4.07. The summed E-state index contributed by atoms with van der Waals surface area (Å²) in [7, 11) is 1.93. The van der Waals surface area contributed by atoms with E-state index in [1.165, 1.54) is 16.5 Å². The molecule has 0 aliphatic carbocycles. The van der Waals surface area contributed by atoms with Crippen LogP contribution in [0, 0.1) is 6.92 Å². The minimum Gasteiger partial charge on any atom is -0.314 e. The Bertz CT molecular complexity index is 646. The monoisotopic (exact) mass is 211 g/mol. The zero-order valence-corrected chi connectivity index (χ0v) is 9.38. The molecule has 3 heteroatoms. The van der Waals surface area contributed by atoms with Crippen LogP contribution in [0.3, 0.4) is 0 Å². The van der Waals surface area contributed by atoms with Crippen LogP contribution in [0.2, 0.25) is 0 Å². The van der Waals surface area contributed by atoms with Crippen molar-refractivity contribution < 1.29 is 0 Å². The molecule has 0 bridgehead atoms. The van der Waals surface area contributed by atoms with Crippen molar-refractivity contribution in [2.75, 3.05) is 0 Å². The number of rotatable bonds is 1. The highest BCUT2D eigenvalue weighted by Crippen LogP contribution is 2.22. The third kappa shape index (κ3) is 1.25. The smallest absolute Gasteiger partial charge is 0.0838 e. The number of hydrogen-bond acceptors (Lipinski definition) is 1. The third-order valence-corrected chi connectivity index (χ3v) is 2.92. The Morgan fingerprint density at radius 2 is 2.06 bits per heavy atom. The fourth-order valence-electron chi connectivity index (χ4n) is 2.08. The van der Waals surface area contributed by atoms with Gasteiger partial charge in [-0.25, -0.2) is 0 Å². The van der Waals surface area contributed by atoms with Gasteiger partial charge in [-0.3, -0.25) is 4.68 Å². The molecule has 0 aliphatic heterocycles. The van der Waals surface area contributed by atoms with E-state index in [1.807, 2.05) is 24.1 Å². The highest BCUT2D eigenvalue weighted by molar-refractivity contribution is 5.84. The van der Waals surface area contributed by atoms with Gasteiger partial charge in [0.25, 0.3) is 0 Å². The molecule has 0 N–H and O–H groups in total. The van der Waals surface area contributed by atoms with Crippen LogP contribution in [0.25, 0.3) is 16.6 Å². The van der Waals surface area contributed by atoms with Crippen molar-refractivity contribution in [3.05, 3.63) is 48.4 Å². The van der Waals surface area contributed by atoms with Crippen molar-refractivity contribution >= 4 is 10.9 Å². The van der Waals surface area contributed by atoms with Gasteiger partial charge in [0.05, 0.1) is 17.4 Å². The predicted octanol–water partition coefficient (Wildman–Crippen LogP) is 2.67. The summed E-state index contributed by atoms with van der Waals surface area (Å²) in [6, 6.07) is 8.51. The second-order valence-electron chi connectivity index (χ2n) is 4.07. The molecule has 0 atom stereocenters. The van der Waals surface area contributed by atoms with Gasteiger partial charge >= 0.3 is 0 Å². The minimum absolute atomic E-state index is 1.10. The molecule has 0 spiro atoms. The number of benzene rings is 1. The average molecular weight is 211 g/mol. The van der Waals surface area contributed by atoms with Crippen LogP contribution in [-0.2, 0) is 7.05 Å². The van der Waals surface area contributed by atoms with E-state index in [2.05, 4.69) is 47.1 Å². The standard InChI is InChI=1S/C13H13N3/c1-10-4-3-5-13-12(10)6-7-16(13)11-8-14-15(2)9-11/h3-9H,1-2H3. The Labute approximate surface area is 93.9 Å². The predicted molar refractivity (Wildman–Crippen MR) is 64.8 cm³/mol. The van der Waals surface area contributed by atoms with Crippen LogP contribution < -0.4 is 0 Å². The Morgan fingerprint density at radius 1 is 1.19 bits per heavy atom. The minimum atomic E-state index is 1.10. The zero-order chi connectivity index (χ0) is 11.1. The molecule has 0 radical (unpaired) electrons. The van der Waals surface area contributed by atoms with Gasteiger partial charge in [-0.1, -0.05) is 12.1 Å². The summed E-state index contributed by atoms with van der Waals surface area (Å²) in [4.78, 5) is 0. The van der Waals surface area contributed by atoms with Crippen LogP contribution in [0.15, 0.2) is 42.9 Å². The fraction of sp³-hybridized carbons (Fsp3) is 0.154. The van der Waals surface area contributed by atoms with Gasteiger partial charge in [0.1, 0.15) is 0 Å². The first kappa shape index (κ1) is 9.21. The molecule has 0 amide bonds. The van der Waals surface area contributed by atoms with E-state index >= 15 is 0 Å². The number of hydrogen-bond donors (Lipinski definition) is 0. The summed E-state index contributed by atoms with van der Waals surface area (Å²) in [5.74, 6) is 0. The summed E-state index contributed by atoms with van der Waals surface area (Å²) in [5, 5.41) is 5.50. The van der Waals surface area contributed by atoms with Gasteiger partial charge in [-0.2, -0.15) is 5.10 Å². The molecule has 0 fully saturated rings. The molecule has 2 aromatic heterocycles. The van der Waals surface area contributed by atoms with Crippen LogP contribution in [0.4, 0.5) is 0 Å². The van der Waals surface area contributed by atoms with E-state index in [0.717, 1.165) is 5.69 Å². The van der Waals surface area contributed by atoms with Crippen molar-refractivity contribution in [2.45, 2.75) is 6.92 Å². The Kier molecular flexibility index (Phi) is 1.86. The second kappa shape index (κ2) is 3.23. The molecule has 16 heavy (non-hydrogen) atoms. The molecule has 0 saturated carbocycles. The van der Waals surface area contributed by atoms with E-state index in [4.69, 9.17) is 0 Å². The molecule has 0 unspecified atom stereocenters. The van der Waals surface area contributed by atoms with Gasteiger partial charge in [-0.05, 0) is 24.6 Å². The number of aromatic nitrogens is 3. The maximum atomic E-state index is 4.20. The van der Waals surface area contributed by atoms with Gasteiger partial charge in [0.2, 0.25) is 0 Å². The van der Waals surface area contributed by atoms with Crippen molar-refractivity contribution in [3.63, 3.8) is 0 Å². The Hall–Kier alpha value is -2.03. The lowest BCUT2D eigenvalue weighted by Crippen LogP contribution is -1.90. The highest BCUT2D eigenvalue weighted by Gasteiger charge is 2.05. The lowest BCUT2D eigenvalue weighted by atomic mass is 10.1. The molecule has 1 aromatic carbocycles. The Morgan fingerprint density at radius 3 is 2.81 bits per heavy atom. The molecular formula is C13H13N3. The third-order valence-electron chi connectivity index (χ3n) is 2.92. The number of aryl methyl sites for hydroxylation is 2. The van der Waals surface area contributed by atoms with Crippen molar-refractivity contribution in [1.82, 2.24) is 14.3 Å². The molecule has 0 aliphatic rings. The van der Waals surface area contributed by atoms with Crippen molar-refractivity contribution in [1.29, 1.82) is 0 Å². The van der Waals surface area contributed by atoms with Gasteiger partial charge in [0, 0.05) is 24.8 Å². The normalized spacial score (nSPS) is 11.1. The molecular weight excluding hydrogens is 198 g/mol. The molecule has 2 heterocycles. The maximum Gasteiger partial charge on any atom is 0.0838 e. The molecule has 3 nitrogen and oxygen atoms in total. The quantitative estimate of drug-likeness (QED) is 0.606. The van der Waals surface area contributed by atoms with Gasteiger partial charge in [-0.15, -0.1) is 0 Å². The number of fused-ring (bicyclic) bond motifs is 1. The lowest BCUT2D eigenvalue weighted by molar-refractivity contribution is 0.767. The highest BCUT2D eigenvalue weighted by atomic mass is 15.3. The number of nitrogens with zero attached hydrogens (tertiary/aromatic N) is 3. The SMILES string of the molecule is Cc1cccc2c1ccn2-c1cnn(C)c1. The zero-order valence-electron chi connectivity index (χ0n) is 9.38. The van der Waals surface area contributed by atoms with E-state index in [-0.39, 0.29) is 0 Å². The maximum absolute atomic E-state index is 4.20. The van der Waals surface area contributed by atoms with E-state index in [9.17, 15) is 0 Å². The summed E-state index contributed by atoms with van der Waals surface area (Å²) >= 11 is 0. The summed E-state index contributed by atoms with van der Waals surface area (Å²) < 4.78 is 3.98. The van der Waals surface area contributed by atoms with Crippen LogP contribution in [0.1, 0.15) is 5.56 Å². The fourth-order valence-corrected chi connectivity index (χ4v) is 2.08. The van der Waals surface area contributed by atoms with Crippen LogP contribution in [0.5, 0.6) is 0 Å². The summed E-state index contributed by atoms with van der Waals surface area (Å²) in [6.45, 7) is 2.13. The van der Waals surface area contributed by atoms with E-state index < -0.39 is 0 Å². The molecule has 3 rings (SSSR count). The Balaban J connectivity index is 2.29.